The average Bonchev–Trinajstić information content (AvgIpc) is 2.50. The van der Waals surface area contributed by atoms with Gasteiger partial charge in [-0.3, -0.25) is 0 Å². The molecule has 2 N–H and O–H groups in total. The van der Waals surface area contributed by atoms with Crippen molar-refractivity contribution < 1.29 is 0 Å². The molecule has 3 heteroatoms. The zero-order valence-corrected chi connectivity index (χ0v) is 9.90. The minimum atomic E-state index is 0.567. The normalized spacial score (nSPS) is 31.8. The highest BCUT2D eigenvalue weighted by Crippen LogP contribution is 2.37. The molecule has 1 aliphatic rings. The van der Waals surface area contributed by atoms with Gasteiger partial charge in [0.15, 0.2) is 0 Å². The Morgan fingerprint density at radius 2 is 2.07 bits per heavy atom. The van der Waals surface area contributed by atoms with Crippen LogP contribution in [-0.2, 0) is 0 Å². The van der Waals surface area contributed by atoms with E-state index in [9.17, 15) is 0 Å². The summed E-state index contributed by atoms with van der Waals surface area (Å²) in [6.45, 7) is 6.70. The van der Waals surface area contributed by atoms with Crippen LogP contribution in [0.15, 0.2) is 6.20 Å². The van der Waals surface area contributed by atoms with Gasteiger partial charge in [-0.15, -0.1) is 0 Å². The van der Waals surface area contributed by atoms with Gasteiger partial charge < -0.3 is 10.3 Å². The van der Waals surface area contributed by atoms with E-state index in [1.54, 1.807) is 0 Å². The molecule has 0 aromatic carbocycles. The van der Waals surface area contributed by atoms with E-state index in [0.29, 0.717) is 12.0 Å². The van der Waals surface area contributed by atoms with Crippen molar-refractivity contribution in [3.8, 4) is 0 Å². The molecule has 84 valence electrons. The monoisotopic (exact) mass is 207 g/mol. The van der Waals surface area contributed by atoms with Crippen molar-refractivity contribution in [3.63, 3.8) is 0 Å². The first-order chi connectivity index (χ1) is 7.08. The highest BCUT2D eigenvalue weighted by Gasteiger charge is 2.26. The summed E-state index contributed by atoms with van der Waals surface area (Å²) in [7, 11) is 0. The number of imidazole rings is 1. The summed E-state index contributed by atoms with van der Waals surface area (Å²) >= 11 is 0. The van der Waals surface area contributed by atoms with Crippen molar-refractivity contribution in [3.05, 3.63) is 11.9 Å². The maximum atomic E-state index is 5.90. The van der Waals surface area contributed by atoms with E-state index >= 15 is 0 Å². The van der Waals surface area contributed by atoms with Gasteiger partial charge in [0, 0.05) is 12.2 Å². The predicted octanol–water partition coefficient (Wildman–Crippen LogP) is 2.77. The van der Waals surface area contributed by atoms with Gasteiger partial charge in [0.1, 0.15) is 0 Å². The van der Waals surface area contributed by atoms with Gasteiger partial charge in [0.05, 0.1) is 5.69 Å². The number of aryl methyl sites for hydroxylation is 1. The summed E-state index contributed by atoms with van der Waals surface area (Å²) in [6.07, 6.45) is 5.87. The van der Waals surface area contributed by atoms with Crippen molar-refractivity contribution in [1.82, 2.24) is 9.55 Å². The topological polar surface area (TPSA) is 43.8 Å². The summed E-state index contributed by atoms with van der Waals surface area (Å²) in [5, 5.41) is 0. The van der Waals surface area contributed by atoms with E-state index < -0.39 is 0 Å². The number of nitrogen functional groups attached to an aromatic ring is 1. The number of hydrogen-bond donors (Lipinski definition) is 1. The van der Waals surface area contributed by atoms with Crippen LogP contribution in [0, 0.1) is 18.8 Å². The quantitative estimate of drug-likeness (QED) is 0.769. The van der Waals surface area contributed by atoms with Crippen LogP contribution >= 0.6 is 0 Å². The molecule has 3 unspecified atom stereocenters. The van der Waals surface area contributed by atoms with E-state index in [1.165, 1.54) is 19.3 Å². The summed E-state index contributed by atoms with van der Waals surface area (Å²) in [5.74, 6) is 2.33. The van der Waals surface area contributed by atoms with Crippen molar-refractivity contribution >= 4 is 5.95 Å². The van der Waals surface area contributed by atoms with Crippen LogP contribution < -0.4 is 5.73 Å². The number of anilines is 1. The molecule has 1 saturated carbocycles. The van der Waals surface area contributed by atoms with Crippen LogP contribution in [0.4, 0.5) is 5.95 Å². The Hall–Kier alpha value is -0.990. The number of aromatic nitrogens is 2. The summed E-state index contributed by atoms with van der Waals surface area (Å²) < 4.78 is 2.16. The van der Waals surface area contributed by atoms with E-state index in [2.05, 4.69) is 29.6 Å². The fraction of sp³-hybridized carbons (Fsp3) is 0.750. The fourth-order valence-corrected chi connectivity index (χ4v) is 2.60. The van der Waals surface area contributed by atoms with Crippen LogP contribution in [0.2, 0.25) is 0 Å². The first-order valence-electron chi connectivity index (χ1n) is 5.89. The van der Waals surface area contributed by atoms with Crippen LogP contribution in [-0.4, -0.2) is 9.55 Å². The number of rotatable bonds is 1. The molecule has 0 spiro atoms. The molecule has 1 fully saturated rings. The van der Waals surface area contributed by atoms with Gasteiger partial charge in [0.25, 0.3) is 0 Å². The summed E-state index contributed by atoms with van der Waals surface area (Å²) in [5.41, 5.74) is 6.93. The summed E-state index contributed by atoms with van der Waals surface area (Å²) in [4.78, 5) is 4.27. The standard InChI is InChI=1S/C12H21N3/c1-8-4-5-11(6-9(8)2)15-7-10(3)14-12(15)13/h7-9,11H,4-6H2,1-3H3,(H2,13,14). The lowest BCUT2D eigenvalue weighted by Crippen LogP contribution is -2.23. The number of hydrogen-bond acceptors (Lipinski definition) is 2. The summed E-state index contributed by atoms with van der Waals surface area (Å²) in [6, 6.07) is 0.567. The second-order valence-electron chi connectivity index (χ2n) is 5.07. The molecule has 0 amide bonds. The van der Waals surface area contributed by atoms with Gasteiger partial charge in [0.2, 0.25) is 5.95 Å². The lowest BCUT2D eigenvalue weighted by atomic mass is 9.79. The van der Waals surface area contributed by atoms with E-state index in [-0.39, 0.29) is 0 Å². The maximum absolute atomic E-state index is 5.90. The average molecular weight is 207 g/mol. The Labute approximate surface area is 91.7 Å². The first kappa shape index (κ1) is 10.5. The molecule has 0 bridgehead atoms. The van der Waals surface area contributed by atoms with Crippen molar-refractivity contribution in [2.45, 2.75) is 46.1 Å². The van der Waals surface area contributed by atoms with Gasteiger partial charge in [-0.25, -0.2) is 4.98 Å². The van der Waals surface area contributed by atoms with Crippen LogP contribution in [0.3, 0.4) is 0 Å². The molecule has 1 heterocycles. The number of nitrogens with two attached hydrogens (primary N) is 1. The Kier molecular flexibility index (Phi) is 2.72. The lowest BCUT2D eigenvalue weighted by molar-refractivity contribution is 0.212. The zero-order chi connectivity index (χ0) is 11.0. The predicted molar refractivity (Wildman–Crippen MR) is 62.6 cm³/mol. The zero-order valence-electron chi connectivity index (χ0n) is 9.90. The largest absolute Gasteiger partial charge is 0.369 e. The molecule has 1 aromatic rings. The number of nitrogens with zero attached hydrogens (tertiary/aromatic N) is 2. The molecule has 0 radical (unpaired) electrons. The molecule has 1 aromatic heterocycles. The van der Waals surface area contributed by atoms with Gasteiger partial charge in [-0.05, 0) is 38.0 Å². The smallest absolute Gasteiger partial charge is 0.200 e. The molecular formula is C12H21N3. The molecule has 1 aliphatic carbocycles. The molecule has 3 atom stereocenters. The second kappa shape index (κ2) is 3.87. The molecule has 0 saturated heterocycles. The van der Waals surface area contributed by atoms with Crippen LogP contribution in [0.5, 0.6) is 0 Å². The highest BCUT2D eigenvalue weighted by molar-refractivity contribution is 5.22. The van der Waals surface area contributed by atoms with Gasteiger partial charge >= 0.3 is 0 Å². The minimum Gasteiger partial charge on any atom is -0.369 e. The molecular weight excluding hydrogens is 186 g/mol. The Bertz CT molecular complexity index is 343. The molecule has 2 rings (SSSR count). The van der Waals surface area contributed by atoms with Crippen LogP contribution in [0.25, 0.3) is 0 Å². The molecule has 15 heavy (non-hydrogen) atoms. The lowest BCUT2D eigenvalue weighted by Gasteiger charge is -2.33. The minimum absolute atomic E-state index is 0.567. The Morgan fingerprint density at radius 1 is 1.33 bits per heavy atom. The highest BCUT2D eigenvalue weighted by atomic mass is 15.2. The SMILES string of the molecule is Cc1cn(C2CCC(C)C(C)C2)c(N)n1. The van der Waals surface area contributed by atoms with Crippen molar-refractivity contribution in [2.75, 3.05) is 5.73 Å². The van der Waals surface area contributed by atoms with E-state index in [4.69, 9.17) is 5.73 Å². The van der Waals surface area contributed by atoms with E-state index in [0.717, 1.165) is 17.5 Å². The third kappa shape index (κ3) is 2.01. The third-order valence-corrected chi connectivity index (χ3v) is 3.85. The Morgan fingerprint density at radius 3 is 2.60 bits per heavy atom. The second-order valence-corrected chi connectivity index (χ2v) is 5.07. The van der Waals surface area contributed by atoms with Gasteiger partial charge in [-0.1, -0.05) is 13.8 Å². The third-order valence-electron chi connectivity index (χ3n) is 3.85. The first-order valence-corrected chi connectivity index (χ1v) is 5.89. The molecule has 0 aliphatic heterocycles. The van der Waals surface area contributed by atoms with Crippen molar-refractivity contribution in [1.29, 1.82) is 0 Å². The van der Waals surface area contributed by atoms with Crippen LogP contribution in [0.1, 0.15) is 44.8 Å². The van der Waals surface area contributed by atoms with E-state index in [1.807, 2.05) is 6.92 Å². The van der Waals surface area contributed by atoms with Crippen molar-refractivity contribution in [2.24, 2.45) is 11.8 Å². The Balaban J connectivity index is 2.15. The van der Waals surface area contributed by atoms with Gasteiger partial charge in [-0.2, -0.15) is 0 Å². The maximum Gasteiger partial charge on any atom is 0.200 e. The molecule has 3 nitrogen and oxygen atoms in total. The fourth-order valence-electron chi connectivity index (χ4n) is 2.60.